The van der Waals surface area contributed by atoms with Gasteiger partial charge in [0.1, 0.15) is 0 Å². The topological polar surface area (TPSA) is 149 Å². The van der Waals surface area contributed by atoms with Gasteiger partial charge in [-0.2, -0.15) is 5.10 Å². The highest BCUT2D eigenvalue weighted by Crippen LogP contribution is 2.20. The zero-order chi connectivity index (χ0) is 19.5. The third-order valence-corrected chi connectivity index (χ3v) is 4.07. The minimum atomic E-state index is -0.398. The third kappa shape index (κ3) is 3.26. The fourth-order valence-electron chi connectivity index (χ4n) is 2.78. The second-order valence-electron chi connectivity index (χ2n) is 5.91. The number of nitrogens with two attached hydrogens (primary N) is 1. The summed E-state index contributed by atoms with van der Waals surface area (Å²) in [6, 6.07) is 13.8. The molecule has 2 heterocycles. The van der Waals surface area contributed by atoms with E-state index in [1.807, 2.05) is 24.3 Å². The van der Waals surface area contributed by atoms with Gasteiger partial charge >= 0.3 is 5.82 Å². The lowest BCUT2D eigenvalue weighted by Gasteiger charge is -2.07. The van der Waals surface area contributed by atoms with Gasteiger partial charge in [-0.15, -0.1) is 0 Å². The van der Waals surface area contributed by atoms with Crippen molar-refractivity contribution in [1.82, 2.24) is 20.7 Å². The van der Waals surface area contributed by atoms with Crippen molar-refractivity contribution in [2.45, 2.75) is 6.54 Å². The summed E-state index contributed by atoms with van der Waals surface area (Å²) in [5, 5.41) is 22.9. The Hall–Kier alpha value is -4.21. The molecule has 0 aliphatic carbocycles. The van der Waals surface area contributed by atoms with E-state index >= 15 is 0 Å². The van der Waals surface area contributed by atoms with Gasteiger partial charge in [-0.25, -0.2) is 19.6 Å². The highest BCUT2D eigenvalue weighted by Gasteiger charge is 2.27. The second kappa shape index (κ2) is 7.19. The molecule has 0 aliphatic heterocycles. The molecule has 0 saturated heterocycles. The van der Waals surface area contributed by atoms with Crippen molar-refractivity contribution in [1.29, 1.82) is 0 Å². The minimum absolute atomic E-state index is 0.0675. The molecular formula is C18H15N7O3. The van der Waals surface area contributed by atoms with Crippen LogP contribution in [0.4, 0.5) is 5.82 Å². The van der Waals surface area contributed by atoms with Gasteiger partial charge in [0, 0.05) is 0 Å². The Kier molecular flexibility index (Phi) is 4.42. The van der Waals surface area contributed by atoms with Crippen LogP contribution in [0.5, 0.6) is 5.75 Å². The molecule has 0 bridgehead atoms. The first-order valence-electron chi connectivity index (χ1n) is 8.30. The molecule has 4 N–H and O–H groups in total. The monoisotopic (exact) mass is 377 g/mol. The summed E-state index contributed by atoms with van der Waals surface area (Å²) in [4.78, 5) is 15.6. The van der Waals surface area contributed by atoms with E-state index in [1.165, 1.54) is 12.3 Å². The van der Waals surface area contributed by atoms with Crippen LogP contribution >= 0.6 is 0 Å². The second-order valence-corrected chi connectivity index (χ2v) is 5.91. The summed E-state index contributed by atoms with van der Waals surface area (Å²) in [6.07, 6.45) is 1.31. The Balaban J connectivity index is 1.60. The summed E-state index contributed by atoms with van der Waals surface area (Å²) in [6.45, 7) is -0.0675. The average Bonchev–Trinajstić information content (AvgIpc) is 3.27. The predicted octanol–water partition coefficient (Wildman–Crippen LogP) is 0.311. The normalized spacial score (nSPS) is 11.3. The Bertz CT molecular complexity index is 1180. The Labute approximate surface area is 158 Å². The number of carbonyl (C=O) groups excluding carboxylic acids is 1. The number of anilines is 1. The van der Waals surface area contributed by atoms with E-state index in [0.717, 1.165) is 11.0 Å². The molecule has 4 aromatic rings. The van der Waals surface area contributed by atoms with Crippen molar-refractivity contribution >= 4 is 29.0 Å². The molecule has 2 aromatic heterocycles. The highest BCUT2D eigenvalue weighted by atomic mass is 16.6. The maximum Gasteiger partial charge on any atom is 0.314 e. The number of H-pyrrole nitrogens is 1. The van der Waals surface area contributed by atoms with Crippen LogP contribution in [0.2, 0.25) is 0 Å². The summed E-state index contributed by atoms with van der Waals surface area (Å²) in [5.74, 6) is 0.00299. The van der Waals surface area contributed by atoms with Gasteiger partial charge in [0.2, 0.25) is 11.5 Å². The summed E-state index contributed by atoms with van der Waals surface area (Å²) in [5.41, 5.74) is 10.4. The fourth-order valence-corrected chi connectivity index (χ4v) is 2.78. The van der Waals surface area contributed by atoms with Gasteiger partial charge in [-0.05, 0) is 28.0 Å². The molecule has 140 valence electrons. The number of aromatic nitrogens is 4. The van der Waals surface area contributed by atoms with E-state index in [9.17, 15) is 9.90 Å². The molecule has 1 amide bonds. The Morgan fingerprint density at radius 1 is 1.25 bits per heavy atom. The number of nitrogen functional groups attached to an aromatic ring is 1. The molecule has 28 heavy (non-hydrogen) atoms. The number of nitrogens with one attached hydrogen (secondary N) is 2. The predicted molar refractivity (Wildman–Crippen MR) is 97.8 cm³/mol. The largest absolute Gasteiger partial charge is 0.872 e. The number of hydrogen-bond donors (Lipinski definition) is 3. The van der Waals surface area contributed by atoms with Crippen LogP contribution in [-0.4, -0.2) is 27.4 Å². The first-order chi connectivity index (χ1) is 13.6. The summed E-state index contributed by atoms with van der Waals surface area (Å²) in [7, 11) is 0. The molecule has 0 radical (unpaired) electrons. The Morgan fingerprint density at radius 2 is 2.04 bits per heavy atom. The number of benzene rings is 2. The quantitative estimate of drug-likeness (QED) is 0.259. The van der Waals surface area contributed by atoms with Crippen molar-refractivity contribution in [2.75, 3.05) is 5.73 Å². The molecule has 0 saturated carbocycles. The van der Waals surface area contributed by atoms with Crippen LogP contribution in [0.3, 0.4) is 0 Å². The molecule has 0 atom stereocenters. The van der Waals surface area contributed by atoms with E-state index in [-0.39, 0.29) is 18.1 Å². The van der Waals surface area contributed by atoms with Crippen LogP contribution in [0, 0.1) is 0 Å². The molecule has 4 rings (SSSR count). The van der Waals surface area contributed by atoms with Gasteiger partial charge in [0.15, 0.2) is 17.6 Å². The van der Waals surface area contributed by atoms with Crippen LogP contribution in [-0.2, 0) is 11.3 Å². The zero-order valence-electron chi connectivity index (χ0n) is 14.5. The number of imidazole rings is 1. The SMILES string of the molecule is Nc1nonc1-c1[nH]c2ccccc2[n+]1CC(=O)N/N=C/c1ccccc1[O-]. The van der Waals surface area contributed by atoms with Crippen molar-refractivity contribution in [3.63, 3.8) is 0 Å². The van der Waals surface area contributed by atoms with Gasteiger partial charge in [-0.1, -0.05) is 42.1 Å². The lowest BCUT2D eigenvalue weighted by Crippen LogP contribution is -2.42. The molecule has 0 unspecified atom stereocenters. The zero-order valence-corrected chi connectivity index (χ0v) is 14.5. The van der Waals surface area contributed by atoms with Crippen molar-refractivity contribution in [3.8, 4) is 17.3 Å². The summed E-state index contributed by atoms with van der Waals surface area (Å²) < 4.78 is 6.36. The van der Waals surface area contributed by atoms with Crippen molar-refractivity contribution < 1.29 is 19.1 Å². The summed E-state index contributed by atoms with van der Waals surface area (Å²) >= 11 is 0. The first kappa shape index (κ1) is 17.2. The number of fused-ring (bicyclic) bond motifs is 1. The number of hydrazone groups is 1. The highest BCUT2D eigenvalue weighted by molar-refractivity contribution is 5.85. The number of rotatable bonds is 5. The first-order valence-corrected chi connectivity index (χ1v) is 8.30. The molecule has 10 nitrogen and oxygen atoms in total. The molecule has 0 fully saturated rings. The number of amides is 1. The maximum absolute atomic E-state index is 12.4. The fraction of sp³-hybridized carbons (Fsp3) is 0.0556. The maximum atomic E-state index is 12.4. The average molecular weight is 377 g/mol. The van der Waals surface area contributed by atoms with Crippen LogP contribution in [0.1, 0.15) is 5.56 Å². The van der Waals surface area contributed by atoms with Crippen LogP contribution < -0.4 is 20.8 Å². The van der Waals surface area contributed by atoms with Gasteiger partial charge in [-0.3, -0.25) is 4.79 Å². The van der Waals surface area contributed by atoms with E-state index in [0.29, 0.717) is 17.1 Å². The van der Waals surface area contributed by atoms with E-state index < -0.39 is 5.91 Å². The van der Waals surface area contributed by atoms with Gasteiger partial charge < -0.3 is 10.8 Å². The molecule has 10 heteroatoms. The third-order valence-electron chi connectivity index (χ3n) is 4.07. The van der Waals surface area contributed by atoms with Crippen LogP contribution in [0.15, 0.2) is 58.3 Å². The van der Waals surface area contributed by atoms with Gasteiger partial charge in [0.25, 0.3) is 5.91 Å². The number of hydrogen-bond acceptors (Lipinski definition) is 7. The molecule has 0 spiro atoms. The van der Waals surface area contributed by atoms with E-state index in [1.54, 1.807) is 22.8 Å². The van der Waals surface area contributed by atoms with Crippen molar-refractivity contribution in [3.05, 3.63) is 54.1 Å². The number of carbonyl (C=O) groups is 1. The molecular weight excluding hydrogens is 362 g/mol. The van der Waals surface area contributed by atoms with Crippen molar-refractivity contribution in [2.24, 2.45) is 5.10 Å². The minimum Gasteiger partial charge on any atom is -0.872 e. The lowest BCUT2D eigenvalue weighted by atomic mass is 10.2. The standard InChI is InChI=1S/C18H15N7O3/c19-17-16(23-28-24-17)18-21-12-6-2-3-7-13(12)25(18)10-15(27)22-20-9-11-5-1-4-8-14(11)26/h1-9H,10H2,(H4,19,20,21,22,23,24,26,27). The van der Waals surface area contributed by atoms with Gasteiger partial charge in [0.05, 0.1) is 6.21 Å². The Morgan fingerprint density at radius 3 is 2.82 bits per heavy atom. The number of aromatic amines is 1. The molecule has 2 aromatic carbocycles. The number of nitrogens with zero attached hydrogens (tertiary/aromatic N) is 4. The van der Waals surface area contributed by atoms with E-state index in [4.69, 9.17) is 5.73 Å². The van der Waals surface area contributed by atoms with E-state index in [2.05, 4.69) is 30.5 Å². The number of para-hydroxylation sites is 3. The van der Waals surface area contributed by atoms with Crippen LogP contribution in [0.25, 0.3) is 22.6 Å². The molecule has 0 aliphatic rings. The lowest BCUT2D eigenvalue weighted by molar-refractivity contribution is -0.647. The smallest absolute Gasteiger partial charge is 0.314 e.